The molecular weight excluding hydrogens is 168 g/mol. The average Bonchev–Trinajstić information content (AvgIpc) is 2.04. The number of allylic oxidation sites excluding steroid dienone is 1. The predicted molar refractivity (Wildman–Crippen MR) is 47.2 cm³/mol. The smallest absolute Gasteiger partial charge is 0.267 e. The van der Waals surface area contributed by atoms with Gasteiger partial charge in [-0.15, -0.1) is 0 Å². The number of nitrogens with zero attached hydrogens (tertiary/aromatic N) is 2. The summed E-state index contributed by atoms with van der Waals surface area (Å²) in [6.45, 7) is 2.03. The number of rotatable bonds is 2. The second-order valence-electron chi connectivity index (χ2n) is 2.81. The molecule has 1 heterocycles. The standard InChI is InChI=1S/C9H10N2O2/c1-6-3-7(5-13-2)8(4-10)9(12)11-6/h3,8H,5H2,1-2H3/t8-/m0/s1. The summed E-state index contributed by atoms with van der Waals surface area (Å²) in [4.78, 5) is 14.9. The van der Waals surface area contributed by atoms with Crippen molar-refractivity contribution in [2.45, 2.75) is 6.92 Å². The maximum Gasteiger partial charge on any atom is 0.267 e. The first-order chi connectivity index (χ1) is 6.19. The van der Waals surface area contributed by atoms with E-state index in [0.29, 0.717) is 17.9 Å². The SMILES string of the molecule is COCC1=CC(C)=NC(=O)[C@H]1C#N. The van der Waals surface area contributed by atoms with Gasteiger partial charge < -0.3 is 4.74 Å². The Morgan fingerprint density at radius 2 is 2.46 bits per heavy atom. The van der Waals surface area contributed by atoms with Crippen LogP contribution < -0.4 is 0 Å². The van der Waals surface area contributed by atoms with Crippen LogP contribution in [0.25, 0.3) is 0 Å². The van der Waals surface area contributed by atoms with Gasteiger partial charge in [0.2, 0.25) is 0 Å². The Balaban J connectivity index is 2.94. The highest BCUT2D eigenvalue weighted by molar-refractivity contribution is 6.06. The van der Waals surface area contributed by atoms with E-state index >= 15 is 0 Å². The fourth-order valence-corrected chi connectivity index (χ4v) is 1.21. The largest absolute Gasteiger partial charge is 0.380 e. The molecule has 0 aliphatic carbocycles. The third-order valence-corrected chi connectivity index (χ3v) is 1.74. The van der Waals surface area contributed by atoms with Crippen LogP contribution in [0.5, 0.6) is 0 Å². The number of nitriles is 1. The number of ether oxygens (including phenoxy) is 1. The van der Waals surface area contributed by atoms with Gasteiger partial charge in [0.25, 0.3) is 5.91 Å². The molecule has 0 spiro atoms. The van der Waals surface area contributed by atoms with Crippen molar-refractivity contribution in [3.8, 4) is 6.07 Å². The van der Waals surface area contributed by atoms with Crippen molar-refractivity contribution in [2.24, 2.45) is 10.9 Å². The summed E-state index contributed by atoms with van der Waals surface area (Å²) in [5.41, 5.74) is 1.31. The first-order valence-electron chi connectivity index (χ1n) is 3.87. The van der Waals surface area contributed by atoms with Crippen molar-refractivity contribution < 1.29 is 9.53 Å². The number of dihydropyridines is 1. The third kappa shape index (κ3) is 2.01. The van der Waals surface area contributed by atoms with Gasteiger partial charge in [-0.25, -0.2) is 4.99 Å². The van der Waals surface area contributed by atoms with Gasteiger partial charge in [-0.2, -0.15) is 5.26 Å². The van der Waals surface area contributed by atoms with Gasteiger partial charge in [0.15, 0.2) is 5.92 Å². The van der Waals surface area contributed by atoms with Crippen molar-refractivity contribution >= 4 is 11.6 Å². The van der Waals surface area contributed by atoms with Crippen molar-refractivity contribution in [3.63, 3.8) is 0 Å². The molecule has 1 aliphatic rings. The van der Waals surface area contributed by atoms with Crippen molar-refractivity contribution in [1.29, 1.82) is 5.26 Å². The van der Waals surface area contributed by atoms with Crippen LogP contribution in [0.2, 0.25) is 0 Å². The Bertz CT molecular complexity index is 323. The fraction of sp³-hybridized carbons (Fsp3) is 0.444. The number of methoxy groups -OCH3 is 1. The molecule has 1 rings (SSSR count). The molecular formula is C9H10N2O2. The van der Waals surface area contributed by atoms with Gasteiger partial charge in [0.05, 0.1) is 12.7 Å². The molecule has 0 N–H and O–H groups in total. The highest BCUT2D eigenvalue weighted by Crippen LogP contribution is 2.17. The minimum Gasteiger partial charge on any atom is -0.380 e. The summed E-state index contributed by atoms with van der Waals surface area (Å²) < 4.78 is 4.88. The molecule has 0 saturated carbocycles. The lowest BCUT2D eigenvalue weighted by Gasteiger charge is -2.13. The Labute approximate surface area is 76.5 Å². The monoisotopic (exact) mass is 178 g/mol. The normalized spacial score (nSPS) is 21.9. The summed E-state index contributed by atoms with van der Waals surface area (Å²) >= 11 is 0. The highest BCUT2D eigenvalue weighted by atomic mass is 16.5. The molecule has 0 saturated heterocycles. The van der Waals surface area contributed by atoms with E-state index in [1.807, 2.05) is 6.07 Å². The lowest BCUT2D eigenvalue weighted by Crippen LogP contribution is -2.21. The molecule has 0 aromatic heterocycles. The van der Waals surface area contributed by atoms with Gasteiger partial charge in [0.1, 0.15) is 0 Å². The molecule has 0 fully saturated rings. The minimum atomic E-state index is -0.761. The Morgan fingerprint density at radius 1 is 1.77 bits per heavy atom. The highest BCUT2D eigenvalue weighted by Gasteiger charge is 2.25. The first kappa shape index (κ1) is 9.62. The molecule has 13 heavy (non-hydrogen) atoms. The van der Waals surface area contributed by atoms with E-state index in [4.69, 9.17) is 10.00 Å². The lowest BCUT2D eigenvalue weighted by molar-refractivity contribution is -0.119. The van der Waals surface area contributed by atoms with E-state index in [0.717, 1.165) is 0 Å². The maximum atomic E-state index is 11.2. The van der Waals surface area contributed by atoms with Crippen molar-refractivity contribution in [2.75, 3.05) is 13.7 Å². The summed E-state index contributed by atoms with van der Waals surface area (Å²) in [7, 11) is 1.53. The first-order valence-corrected chi connectivity index (χ1v) is 3.87. The van der Waals surface area contributed by atoms with Gasteiger partial charge in [-0.05, 0) is 18.6 Å². The molecule has 1 atom stereocenters. The molecule has 4 nitrogen and oxygen atoms in total. The van der Waals surface area contributed by atoms with E-state index in [-0.39, 0.29) is 0 Å². The second kappa shape index (κ2) is 3.97. The van der Waals surface area contributed by atoms with E-state index in [9.17, 15) is 4.79 Å². The van der Waals surface area contributed by atoms with Crippen LogP contribution in [-0.4, -0.2) is 25.3 Å². The van der Waals surface area contributed by atoms with Crippen LogP contribution in [0.3, 0.4) is 0 Å². The lowest BCUT2D eigenvalue weighted by atomic mass is 9.96. The Kier molecular flexibility index (Phi) is 2.93. The van der Waals surface area contributed by atoms with E-state index < -0.39 is 11.8 Å². The number of hydrogen-bond acceptors (Lipinski definition) is 3. The number of carbonyl (C=O) groups excluding carboxylic acids is 1. The number of aliphatic imine (C=N–C) groups is 1. The van der Waals surface area contributed by atoms with Crippen LogP contribution in [0.15, 0.2) is 16.6 Å². The van der Waals surface area contributed by atoms with E-state index in [1.165, 1.54) is 7.11 Å². The quantitative estimate of drug-likeness (QED) is 0.625. The van der Waals surface area contributed by atoms with Gasteiger partial charge in [0, 0.05) is 12.8 Å². The second-order valence-corrected chi connectivity index (χ2v) is 2.81. The molecule has 0 bridgehead atoms. The molecule has 68 valence electrons. The summed E-state index contributed by atoms with van der Waals surface area (Å²) in [6.07, 6.45) is 1.72. The molecule has 1 amide bonds. The zero-order valence-electron chi connectivity index (χ0n) is 7.57. The number of amides is 1. The van der Waals surface area contributed by atoms with Gasteiger partial charge in [-0.1, -0.05) is 0 Å². The minimum absolute atomic E-state index is 0.302. The van der Waals surface area contributed by atoms with Gasteiger partial charge >= 0.3 is 0 Å². The molecule has 4 heteroatoms. The van der Waals surface area contributed by atoms with Crippen LogP contribution >= 0.6 is 0 Å². The van der Waals surface area contributed by atoms with Crippen LogP contribution in [0.1, 0.15) is 6.92 Å². The number of carbonyl (C=O) groups is 1. The zero-order chi connectivity index (χ0) is 9.84. The van der Waals surface area contributed by atoms with E-state index in [2.05, 4.69) is 4.99 Å². The Hall–Kier alpha value is -1.47. The summed E-state index contributed by atoms with van der Waals surface area (Å²) in [6, 6.07) is 1.90. The van der Waals surface area contributed by atoms with Crippen molar-refractivity contribution in [1.82, 2.24) is 0 Å². The molecule has 0 unspecified atom stereocenters. The third-order valence-electron chi connectivity index (χ3n) is 1.74. The zero-order valence-corrected chi connectivity index (χ0v) is 7.57. The summed E-state index contributed by atoms with van der Waals surface area (Å²) in [5, 5.41) is 8.71. The van der Waals surface area contributed by atoms with Crippen LogP contribution in [0.4, 0.5) is 0 Å². The summed E-state index contributed by atoms with van der Waals surface area (Å²) in [5.74, 6) is -1.15. The van der Waals surface area contributed by atoms with Crippen LogP contribution in [0, 0.1) is 17.2 Å². The maximum absolute atomic E-state index is 11.2. The van der Waals surface area contributed by atoms with E-state index in [1.54, 1.807) is 13.0 Å². The topological polar surface area (TPSA) is 62.4 Å². The van der Waals surface area contributed by atoms with Crippen LogP contribution in [-0.2, 0) is 9.53 Å². The van der Waals surface area contributed by atoms with Gasteiger partial charge in [-0.3, -0.25) is 4.79 Å². The fourth-order valence-electron chi connectivity index (χ4n) is 1.21. The van der Waals surface area contributed by atoms with Crippen molar-refractivity contribution in [3.05, 3.63) is 11.6 Å². The number of hydrogen-bond donors (Lipinski definition) is 0. The predicted octanol–water partition coefficient (Wildman–Crippen LogP) is 0.700. The average molecular weight is 178 g/mol. The molecule has 1 aliphatic heterocycles. The molecule has 0 aromatic carbocycles. The molecule has 0 radical (unpaired) electrons. The molecule has 0 aromatic rings. The Morgan fingerprint density at radius 3 is 3.00 bits per heavy atom.